The predicted octanol–water partition coefficient (Wildman–Crippen LogP) is 5.86. The molecule has 212 valence electrons. The molecule has 0 bridgehead atoms. The van der Waals surface area contributed by atoms with Crippen molar-refractivity contribution in [1.82, 2.24) is 15.0 Å². The van der Waals surface area contributed by atoms with Gasteiger partial charge in [-0.15, -0.1) is 11.3 Å². The molecular formula is C30H37N5O3S2. The zero-order valence-corrected chi connectivity index (χ0v) is 24.5. The Bertz CT molecular complexity index is 1310. The number of hydrogen-bond donors (Lipinski definition) is 3. The summed E-state index contributed by atoms with van der Waals surface area (Å²) >= 11 is 2.34. The smallest absolute Gasteiger partial charge is 0.273 e. The molecule has 1 atom stereocenters. The summed E-state index contributed by atoms with van der Waals surface area (Å²) in [7, 11) is 0. The van der Waals surface area contributed by atoms with Crippen LogP contribution >= 0.6 is 22.9 Å². The second kappa shape index (κ2) is 13.0. The summed E-state index contributed by atoms with van der Waals surface area (Å²) in [6, 6.07) is 10.7. The molecule has 0 spiro atoms. The number of aromatic nitrogens is 1. The number of carbonyl (C=O) groups is 3. The molecule has 2 fully saturated rings. The number of hydrogen-bond acceptors (Lipinski definition) is 7. The molecule has 2 aromatic heterocycles. The van der Waals surface area contributed by atoms with Crippen LogP contribution in [0.25, 0.3) is 0 Å². The molecule has 8 nitrogen and oxygen atoms in total. The third-order valence-electron chi connectivity index (χ3n) is 7.94. The van der Waals surface area contributed by atoms with Gasteiger partial charge in [0.05, 0.1) is 5.69 Å². The van der Waals surface area contributed by atoms with Gasteiger partial charge in [-0.25, -0.2) is 0 Å². The SMILES string of the molecule is CCc1ccc(N(C(=O)c2snc(C(=O)NC3CCCCC3)c2N)[C@H](C(=O)NC2CCCC2)c2cccs2)cc1. The van der Waals surface area contributed by atoms with Crippen LogP contribution in [0.5, 0.6) is 0 Å². The van der Waals surface area contributed by atoms with Crippen molar-refractivity contribution in [2.75, 3.05) is 10.6 Å². The summed E-state index contributed by atoms with van der Waals surface area (Å²) in [5, 5.41) is 8.15. The molecule has 0 saturated heterocycles. The zero-order valence-electron chi connectivity index (χ0n) is 22.9. The fourth-order valence-electron chi connectivity index (χ4n) is 5.67. The summed E-state index contributed by atoms with van der Waals surface area (Å²) < 4.78 is 4.31. The first kappa shape index (κ1) is 28.3. The van der Waals surface area contributed by atoms with Gasteiger partial charge < -0.3 is 16.4 Å². The quantitative estimate of drug-likeness (QED) is 0.294. The largest absolute Gasteiger partial charge is 0.395 e. The number of rotatable bonds is 9. The van der Waals surface area contributed by atoms with E-state index in [4.69, 9.17) is 5.73 Å². The van der Waals surface area contributed by atoms with Crippen LogP contribution in [0.15, 0.2) is 41.8 Å². The molecule has 2 heterocycles. The third-order valence-corrected chi connectivity index (χ3v) is 9.72. The van der Waals surface area contributed by atoms with Crippen molar-refractivity contribution in [3.8, 4) is 0 Å². The lowest BCUT2D eigenvalue weighted by Crippen LogP contribution is -2.46. The Balaban J connectivity index is 1.50. The minimum absolute atomic E-state index is 0.0552. The highest BCUT2D eigenvalue weighted by molar-refractivity contribution is 7.10. The van der Waals surface area contributed by atoms with Crippen LogP contribution in [0, 0.1) is 0 Å². The average Bonchev–Trinajstić information content (AvgIpc) is 3.75. The molecule has 0 radical (unpaired) electrons. The number of amides is 3. The maximum absolute atomic E-state index is 14.3. The van der Waals surface area contributed by atoms with Crippen molar-refractivity contribution in [2.24, 2.45) is 0 Å². The molecule has 0 aliphatic heterocycles. The summed E-state index contributed by atoms with van der Waals surface area (Å²) in [4.78, 5) is 43.7. The van der Waals surface area contributed by atoms with Gasteiger partial charge >= 0.3 is 0 Å². The minimum atomic E-state index is -0.887. The molecule has 4 N–H and O–H groups in total. The van der Waals surface area contributed by atoms with E-state index < -0.39 is 11.9 Å². The number of nitrogens with zero attached hydrogens (tertiary/aromatic N) is 2. The van der Waals surface area contributed by atoms with Crippen LogP contribution in [-0.4, -0.2) is 34.2 Å². The molecule has 3 amide bonds. The predicted molar refractivity (Wildman–Crippen MR) is 161 cm³/mol. The molecule has 0 unspecified atom stereocenters. The Morgan fingerprint density at radius 3 is 2.25 bits per heavy atom. The molecule has 5 rings (SSSR count). The number of benzene rings is 1. The van der Waals surface area contributed by atoms with Crippen molar-refractivity contribution in [3.05, 3.63) is 62.8 Å². The van der Waals surface area contributed by atoms with E-state index in [1.807, 2.05) is 41.8 Å². The van der Waals surface area contributed by atoms with E-state index in [0.717, 1.165) is 79.8 Å². The standard InChI is InChI=1S/C30H37N5O3S2/c1-2-19-14-16-22(17-15-19)35(26(23-13-8-18-39-23)29(37)33-21-11-6-7-12-21)30(38)27-24(31)25(34-40-27)28(36)32-20-9-4-3-5-10-20/h8,13-18,20-21,26H,2-7,9-12,31H2,1H3,(H,32,36)(H,33,37)/t26-/m0/s1. The molecule has 2 aliphatic carbocycles. The Kier molecular flexibility index (Phi) is 9.16. The third kappa shape index (κ3) is 6.23. The summed E-state index contributed by atoms with van der Waals surface area (Å²) in [6.45, 7) is 2.07. The normalized spacial score (nSPS) is 16.9. The van der Waals surface area contributed by atoms with E-state index in [9.17, 15) is 14.4 Å². The van der Waals surface area contributed by atoms with Gasteiger partial charge in [-0.2, -0.15) is 4.37 Å². The van der Waals surface area contributed by atoms with Gasteiger partial charge in [-0.05, 0) is 72.8 Å². The van der Waals surface area contributed by atoms with Gasteiger partial charge in [-0.3, -0.25) is 19.3 Å². The van der Waals surface area contributed by atoms with Crippen molar-refractivity contribution < 1.29 is 14.4 Å². The van der Waals surface area contributed by atoms with Gasteiger partial charge in [0.25, 0.3) is 11.8 Å². The van der Waals surface area contributed by atoms with Gasteiger partial charge in [0, 0.05) is 22.6 Å². The lowest BCUT2D eigenvalue weighted by Gasteiger charge is -2.31. The molecule has 40 heavy (non-hydrogen) atoms. The summed E-state index contributed by atoms with van der Waals surface area (Å²) in [5.74, 6) is -1.02. The minimum Gasteiger partial charge on any atom is -0.395 e. The topological polar surface area (TPSA) is 117 Å². The first-order chi connectivity index (χ1) is 19.5. The lowest BCUT2D eigenvalue weighted by atomic mass is 9.95. The monoisotopic (exact) mass is 579 g/mol. The molecule has 10 heteroatoms. The van der Waals surface area contributed by atoms with E-state index in [-0.39, 0.29) is 40.2 Å². The van der Waals surface area contributed by atoms with Crippen molar-refractivity contribution in [1.29, 1.82) is 0 Å². The van der Waals surface area contributed by atoms with Crippen molar-refractivity contribution in [3.63, 3.8) is 0 Å². The summed E-state index contributed by atoms with van der Waals surface area (Å²) in [5.41, 5.74) is 8.28. The number of anilines is 2. The Morgan fingerprint density at radius 2 is 1.62 bits per heavy atom. The Morgan fingerprint density at radius 1 is 0.975 bits per heavy atom. The van der Waals surface area contributed by atoms with E-state index in [1.54, 1.807) is 0 Å². The van der Waals surface area contributed by atoms with Crippen molar-refractivity contribution in [2.45, 2.75) is 89.3 Å². The second-order valence-electron chi connectivity index (χ2n) is 10.7. The van der Waals surface area contributed by atoms with Crippen molar-refractivity contribution >= 4 is 52.0 Å². The van der Waals surface area contributed by atoms with Gasteiger partial charge in [0.2, 0.25) is 5.91 Å². The van der Waals surface area contributed by atoms with Crippen LogP contribution in [0.1, 0.15) is 101 Å². The van der Waals surface area contributed by atoms with Crippen LogP contribution in [0.2, 0.25) is 0 Å². The molecule has 1 aromatic carbocycles. The first-order valence-electron chi connectivity index (χ1n) is 14.3. The molecular weight excluding hydrogens is 542 g/mol. The van der Waals surface area contributed by atoms with Gasteiger partial charge in [-0.1, -0.05) is 57.2 Å². The fourth-order valence-corrected chi connectivity index (χ4v) is 7.22. The number of nitrogens with two attached hydrogens (primary N) is 1. The number of carbonyl (C=O) groups excluding carboxylic acids is 3. The maximum atomic E-state index is 14.3. The maximum Gasteiger partial charge on any atom is 0.273 e. The van der Waals surface area contributed by atoms with Gasteiger partial charge in [0.1, 0.15) is 4.88 Å². The van der Waals surface area contributed by atoms with Gasteiger partial charge in [0.15, 0.2) is 11.7 Å². The van der Waals surface area contributed by atoms with E-state index >= 15 is 0 Å². The summed E-state index contributed by atoms with van der Waals surface area (Å²) in [6.07, 6.45) is 10.1. The van der Waals surface area contributed by atoms with E-state index in [1.165, 1.54) is 22.7 Å². The number of aryl methyl sites for hydroxylation is 1. The first-order valence-corrected chi connectivity index (χ1v) is 15.9. The van der Waals surface area contributed by atoms with Crippen LogP contribution < -0.4 is 21.3 Å². The average molecular weight is 580 g/mol. The highest BCUT2D eigenvalue weighted by atomic mass is 32.1. The fraction of sp³-hybridized carbons (Fsp3) is 0.467. The number of nitrogen functional groups attached to an aromatic ring is 1. The van der Waals surface area contributed by atoms with Crippen LogP contribution in [0.4, 0.5) is 11.4 Å². The highest BCUT2D eigenvalue weighted by Crippen LogP contribution is 2.35. The van der Waals surface area contributed by atoms with E-state index in [0.29, 0.717) is 5.69 Å². The molecule has 3 aromatic rings. The van der Waals surface area contributed by atoms with Crippen LogP contribution in [-0.2, 0) is 11.2 Å². The Labute approximate surface area is 243 Å². The van der Waals surface area contributed by atoms with E-state index in [2.05, 4.69) is 21.9 Å². The molecule has 2 saturated carbocycles. The lowest BCUT2D eigenvalue weighted by molar-refractivity contribution is -0.123. The number of nitrogens with one attached hydrogen (secondary N) is 2. The highest BCUT2D eigenvalue weighted by Gasteiger charge is 2.37. The second-order valence-corrected chi connectivity index (χ2v) is 12.4. The number of thiophene rings is 1. The Hall–Kier alpha value is -3.24. The van der Waals surface area contributed by atoms with Crippen LogP contribution in [0.3, 0.4) is 0 Å². The molecule has 2 aliphatic rings. The zero-order chi connectivity index (χ0) is 28.1.